The predicted molar refractivity (Wildman–Crippen MR) is 111 cm³/mol. The second-order valence-electron chi connectivity index (χ2n) is 7.36. The molecule has 3 N–H and O–H groups in total. The van der Waals surface area contributed by atoms with Gasteiger partial charge in [0.15, 0.2) is 0 Å². The summed E-state index contributed by atoms with van der Waals surface area (Å²) in [5.74, 6) is -0.00465. The van der Waals surface area contributed by atoms with Crippen LogP contribution in [-0.4, -0.2) is 44.7 Å². The first-order valence-electron chi connectivity index (χ1n) is 9.68. The minimum Gasteiger partial charge on any atom is -0.476 e. The van der Waals surface area contributed by atoms with Crippen LogP contribution in [0.2, 0.25) is 0 Å². The molecule has 9 heteroatoms. The predicted octanol–water partition coefficient (Wildman–Crippen LogP) is 2.12. The fourth-order valence-corrected chi connectivity index (χ4v) is 3.69. The summed E-state index contributed by atoms with van der Waals surface area (Å²) in [6, 6.07) is 5.42. The number of ether oxygens (including phenoxy) is 1. The number of carbonyl (C=O) groups excluding carboxylic acids is 2. The zero-order valence-electron chi connectivity index (χ0n) is 16.6. The van der Waals surface area contributed by atoms with Crippen LogP contribution in [-0.2, 0) is 11.8 Å². The maximum atomic E-state index is 12.7. The van der Waals surface area contributed by atoms with Gasteiger partial charge in [-0.05, 0) is 37.6 Å². The number of H-pyrrole nitrogens is 1. The molecular weight excluding hydrogens is 384 g/mol. The number of hydrogen-bond donors (Lipinski definition) is 3. The molecule has 3 aromatic rings. The molecule has 5 heterocycles. The molecule has 0 spiro atoms. The summed E-state index contributed by atoms with van der Waals surface area (Å²) in [6.45, 7) is 2.73. The lowest BCUT2D eigenvalue weighted by atomic mass is 10.1. The van der Waals surface area contributed by atoms with E-state index >= 15 is 0 Å². The summed E-state index contributed by atoms with van der Waals surface area (Å²) >= 11 is 0. The fourth-order valence-electron chi connectivity index (χ4n) is 3.69. The third-order valence-electron chi connectivity index (χ3n) is 5.08. The number of anilines is 1. The molecule has 0 atom stereocenters. The molecule has 152 valence electrons. The fraction of sp³-hybridized carbons (Fsp3) is 0.238. The largest absolute Gasteiger partial charge is 0.476 e. The van der Waals surface area contributed by atoms with Crippen LogP contribution in [0.3, 0.4) is 0 Å². The van der Waals surface area contributed by atoms with Crippen molar-refractivity contribution in [2.45, 2.75) is 13.3 Å². The van der Waals surface area contributed by atoms with Gasteiger partial charge in [0.2, 0.25) is 5.88 Å². The van der Waals surface area contributed by atoms with Crippen LogP contribution in [0.1, 0.15) is 33.9 Å². The minimum atomic E-state index is -0.264. The molecule has 2 aliphatic rings. The van der Waals surface area contributed by atoms with Crippen molar-refractivity contribution in [1.82, 2.24) is 25.1 Å². The highest BCUT2D eigenvalue weighted by Crippen LogP contribution is 2.36. The van der Waals surface area contributed by atoms with Gasteiger partial charge in [-0.3, -0.25) is 14.3 Å². The van der Waals surface area contributed by atoms with Gasteiger partial charge in [0, 0.05) is 25.5 Å². The molecule has 0 aliphatic carbocycles. The van der Waals surface area contributed by atoms with Crippen molar-refractivity contribution in [3.63, 3.8) is 0 Å². The summed E-state index contributed by atoms with van der Waals surface area (Å²) < 4.78 is 7.52. The Morgan fingerprint density at radius 2 is 2.03 bits per heavy atom. The quantitative estimate of drug-likeness (QED) is 0.531. The number of carbonyl (C=O) groups is 2. The SMILES string of the molecule is Cc1cc2c([nH]1)/C=C1\C(=O)Nc3ccc(nc31)-c1cn(C)nc1OCCCNC2=O. The van der Waals surface area contributed by atoms with E-state index in [1.807, 2.05) is 32.3 Å². The number of nitrogens with zero attached hydrogens (tertiary/aromatic N) is 3. The molecule has 0 saturated heterocycles. The number of amides is 2. The highest BCUT2D eigenvalue weighted by atomic mass is 16.5. The van der Waals surface area contributed by atoms with Gasteiger partial charge in [0.05, 0.1) is 40.4 Å². The number of aromatic nitrogens is 4. The van der Waals surface area contributed by atoms with E-state index < -0.39 is 0 Å². The Morgan fingerprint density at radius 1 is 1.17 bits per heavy atom. The van der Waals surface area contributed by atoms with Gasteiger partial charge in [0.1, 0.15) is 5.69 Å². The van der Waals surface area contributed by atoms with Crippen LogP contribution >= 0.6 is 0 Å². The number of aromatic amines is 1. The zero-order chi connectivity index (χ0) is 20.8. The van der Waals surface area contributed by atoms with Crippen LogP contribution in [0.15, 0.2) is 24.4 Å². The maximum absolute atomic E-state index is 12.7. The van der Waals surface area contributed by atoms with E-state index in [2.05, 4.69) is 20.7 Å². The van der Waals surface area contributed by atoms with Gasteiger partial charge in [0.25, 0.3) is 11.8 Å². The monoisotopic (exact) mass is 404 g/mol. The number of aryl methyl sites for hydroxylation is 2. The van der Waals surface area contributed by atoms with Crippen molar-refractivity contribution in [2.75, 3.05) is 18.5 Å². The molecule has 2 amide bonds. The number of hydrogen-bond acceptors (Lipinski definition) is 5. The molecule has 2 bridgehead atoms. The molecule has 9 nitrogen and oxygen atoms in total. The van der Waals surface area contributed by atoms with E-state index in [4.69, 9.17) is 9.72 Å². The van der Waals surface area contributed by atoms with Gasteiger partial charge in [-0.25, -0.2) is 4.98 Å². The van der Waals surface area contributed by atoms with E-state index in [0.717, 1.165) is 11.3 Å². The Balaban J connectivity index is 1.70. The molecule has 0 unspecified atom stereocenters. The normalized spacial score (nSPS) is 17.5. The number of fused-ring (bicyclic) bond motifs is 4. The number of pyridine rings is 1. The van der Waals surface area contributed by atoms with E-state index in [9.17, 15) is 9.59 Å². The molecule has 0 aromatic carbocycles. The summed E-state index contributed by atoms with van der Waals surface area (Å²) in [5.41, 5.74) is 4.84. The van der Waals surface area contributed by atoms with Gasteiger partial charge in [-0.1, -0.05) is 0 Å². The van der Waals surface area contributed by atoms with Gasteiger partial charge in [-0.2, -0.15) is 0 Å². The van der Waals surface area contributed by atoms with Gasteiger partial charge in [-0.15, -0.1) is 5.10 Å². The molecule has 5 rings (SSSR count). The minimum absolute atomic E-state index is 0.208. The third kappa shape index (κ3) is 3.04. The summed E-state index contributed by atoms with van der Waals surface area (Å²) in [4.78, 5) is 33.3. The van der Waals surface area contributed by atoms with E-state index in [1.54, 1.807) is 16.8 Å². The number of nitrogens with one attached hydrogen (secondary N) is 3. The first kappa shape index (κ1) is 18.2. The molecule has 0 radical (unpaired) electrons. The second-order valence-corrected chi connectivity index (χ2v) is 7.36. The van der Waals surface area contributed by atoms with Crippen LogP contribution in [0.25, 0.3) is 22.9 Å². The van der Waals surface area contributed by atoms with E-state index in [0.29, 0.717) is 59.4 Å². The number of rotatable bonds is 0. The van der Waals surface area contributed by atoms with Crippen molar-refractivity contribution in [1.29, 1.82) is 0 Å². The van der Waals surface area contributed by atoms with E-state index in [-0.39, 0.29) is 11.8 Å². The lowest BCUT2D eigenvalue weighted by Crippen LogP contribution is -2.25. The molecule has 2 aliphatic heterocycles. The van der Waals surface area contributed by atoms with Crippen molar-refractivity contribution >= 4 is 29.2 Å². The smallest absolute Gasteiger partial charge is 0.258 e. The third-order valence-corrected chi connectivity index (χ3v) is 5.08. The van der Waals surface area contributed by atoms with Crippen LogP contribution < -0.4 is 15.4 Å². The lowest BCUT2D eigenvalue weighted by molar-refractivity contribution is -0.110. The first-order chi connectivity index (χ1) is 14.5. The van der Waals surface area contributed by atoms with Crippen molar-refractivity contribution in [3.8, 4) is 17.1 Å². The Kier molecular flexibility index (Phi) is 4.16. The standard InChI is InChI=1S/C21H20N6O3/c1-11-8-12-17(23-11)9-13-18-16(25-20(13)29)5-4-15(24-18)14-10-27(2)26-21(14)30-7-3-6-22-19(12)28/h4-5,8-10,23H,3,6-7H2,1-2H3,(H,22,28)(H,25,29)/b13-9-. The average Bonchev–Trinajstić information content (AvgIpc) is 3.36. The molecular formula is C21H20N6O3. The van der Waals surface area contributed by atoms with Crippen LogP contribution in [0, 0.1) is 6.92 Å². The average molecular weight is 404 g/mol. The van der Waals surface area contributed by atoms with Crippen molar-refractivity contribution in [3.05, 3.63) is 47.0 Å². The highest BCUT2D eigenvalue weighted by Gasteiger charge is 2.28. The Labute approximate surface area is 172 Å². The summed E-state index contributed by atoms with van der Waals surface area (Å²) in [7, 11) is 1.81. The summed E-state index contributed by atoms with van der Waals surface area (Å²) in [5, 5.41) is 10.1. The molecule has 0 saturated carbocycles. The maximum Gasteiger partial charge on any atom is 0.258 e. The Bertz CT molecular complexity index is 1220. The van der Waals surface area contributed by atoms with Crippen molar-refractivity contribution in [2.24, 2.45) is 7.05 Å². The molecule has 3 aromatic heterocycles. The van der Waals surface area contributed by atoms with Crippen molar-refractivity contribution < 1.29 is 14.3 Å². The topological polar surface area (TPSA) is 114 Å². The Hall–Kier alpha value is -3.88. The highest BCUT2D eigenvalue weighted by molar-refractivity contribution is 6.34. The van der Waals surface area contributed by atoms with Crippen LogP contribution in [0.5, 0.6) is 5.88 Å². The van der Waals surface area contributed by atoms with Gasteiger partial charge < -0.3 is 20.4 Å². The van der Waals surface area contributed by atoms with Gasteiger partial charge >= 0.3 is 0 Å². The first-order valence-corrected chi connectivity index (χ1v) is 9.68. The molecule has 0 fully saturated rings. The Morgan fingerprint density at radius 3 is 2.90 bits per heavy atom. The summed E-state index contributed by atoms with van der Waals surface area (Å²) in [6.07, 6.45) is 4.14. The zero-order valence-corrected chi connectivity index (χ0v) is 16.6. The lowest BCUT2D eigenvalue weighted by Gasteiger charge is -2.07. The molecule has 30 heavy (non-hydrogen) atoms. The second kappa shape index (κ2) is 6.87. The van der Waals surface area contributed by atoms with E-state index in [1.165, 1.54) is 0 Å². The van der Waals surface area contributed by atoms with Crippen LogP contribution in [0.4, 0.5) is 5.69 Å².